The fourth-order valence-electron chi connectivity index (χ4n) is 8.68. The number of carbonyl (C=O) groups is 3. The molecule has 0 aliphatic rings. The van der Waals surface area contributed by atoms with E-state index in [0.29, 0.717) is 19.3 Å². The van der Waals surface area contributed by atoms with Gasteiger partial charge in [0.25, 0.3) is 0 Å². The number of hydrogen-bond donors (Lipinski definition) is 0. The molecule has 0 saturated carbocycles. The van der Waals surface area contributed by atoms with Crippen LogP contribution in [-0.2, 0) is 28.6 Å². The van der Waals surface area contributed by atoms with Gasteiger partial charge < -0.3 is 14.2 Å². The first kappa shape index (κ1) is 67.1. The maximum absolute atomic E-state index is 12.9. The Morgan fingerprint density at radius 2 is 0.557 bits per heavy atom. The number of unbranched alkanes of at least 4 members (excludes halogenated alkanes) is 34. The fraction of sp³-hybridized carbons (Fsp3) is 0.797. The van der Waals surface area contributed by atoms with Crippen LogP contribution in [0.5, 0.6) is 0 Å². The van der Waals surface area contributed by atoms with Crippen LogP contribution in [0, 0.1) is 0 Å². The van der Waals surface area contributed by atoms with Gasteiger partial charge in [0, 0.05) is 19.3 Å². The molecule has 1 unspecified atom stereocenters. The second-order valence-electron chi connectivity index (χ2n) is 20.2. The molecule has 0 fully saturated rings. The van der Waals surface area contributed by atoms with Crippen LogP contribution in [0.3, 0.4) is 0 Å². The molecule has 0 amide bonds. The van der Waals surface area contributed by atoms with Crippen molar-refractivity contribution in [1.82, 2.24) is 0 Å². The van der Waals surface area contributed by atoms with Gasteiger partial charge in [-0.25, -0.2) is 0 Å². The zero-order chi connectivity index (χ0) is 50.7. The molecule has 0 spiro atoms. The van der Waals surface area contributed by atoms with Crippen molar-refractivity contribution < 1.29 is 28.6 Å². The highest BCUT2D eigenvalue weighted by molar-refractivity contribution is 5.71. The van der Waals surface area contributed by atoms with Crippen molar-refractivity contribution in [2.24, 2.45) is 0 Å². The van der Waals surface area contributed by atoms with Gasteiger partial charge in [-0.3, -0.25) is 14.4 Å². The summed E-state index contributed by atoms with van der Waals surface area (Å²) < 4.78 is 16.9. The van der Waals surface area contributed by atoms with E-state index >= 15 is 0 Å². The molecule has 0 N–H and O–H groups in total. The van der Waals surface area contributed by atoms with Crippen molar-refractivity contribution in [2.75, 3.05) is 13.2 Å². The third-order valence-electron chi connectivity index (χ3n) is 13.2. The smallest absolute Gasteiger partial charge is 0.306 e. The second-order valence-corrected chi connectivity index (χ2v) is 20.2. The van der Waals surface area contributed by atoms with Gasteiger partial charge in [0.1, 0.15) is 13.2 Å². The van der Waals surface area contributed by atoms with E-state index in [4.69, 9.17) is 14.2 Å². The van der Waals surface area contributed by atoms with E-state index in [1.165, 1.54) is 161 Å². The van der Waals surface area contributed by atoms with E-state index < -0.39 is 6.10 Å². The predicted octanol–water partition coefficient (Wildman–Crippen LogP) is 20.4. The van der Waals surface area contributed by atoms with Gasteiger partial charge in [-0.05, 0) is 103 Å². The number of allylic oxidation sites excluding steroid dienone is 10. The summed E-state index contributed by atoms with van der Waals surface area (Å²) in [6, 6.07) is 0. The first-order valence-corrected chi connectivity index (χ1v) is 30.3. The minimum atomic E-state index is -0.787. The topological polar surface area (TPSA) is 78.9 Å². The van der Waals surface area contributed by atoms with Crippen LogP contribution < -0.4 is 0 Å². The third-order valence-corrected chi connectivity index (χ3v) is 13.2. The van der Waals surface area contributed by atoms with Gasteiger partial charge in [0.15, 0.2) is 6.10 Å². The lowest BCUT2D eigenvalue weighted by molar-refractivity contribution is -0.167. The van der Waals surface area contributed by atoms with Crippen LogP contribution in [0.1, 0.15) is 310 Å². The number of esters is 3. The Labute approximate surface area is 434 Å². The fourth-order valence-corrected chi connectivity index (χ4v) is 8.68. The zero-order valence-electron chi connectivity index (χ0n) is 46.5. The molecule has 0 saturated heterocycles. The quantitative estimate of drug-likeness (QED) is 0.0261. The maximum Gasteiger partial charge on any atom is 0.306 e. The van der Waals surface area contributed by atoms with E-state index in [1.54, 1.807) is 0 Å². The molecule has 0 aliphatic heterocycles. The molecule has 0 rings (SSSR count). The standard InChI is InChI=1S/C64H114O6/c1-4-7-10-13-16-19-22-25-28-30-31-32-33-34-37-39-42-45-48-51-54-57-63(66)69-60-61(59-68-62(65)56-53-50-47-44-41-38-35-27-24-21-18-15-12-9-6-3)70-64(67)58-55-52-49-46-43-40-36-29-26-23-20-17-14-11-8-5-2/h9,12,18,21,27,29-31,35-36,61H,4-8,10-11,13-17,19-20,22-26,28,32-34,37-60H2,1-3H3/b12-9-,21-18-,31-30-,35-27-,36-29-. The molecule has 0 aromatic heterocycles. The first-order valence-electron chi connectivity index (χ1n) is 30.3. The van der Waals surface area contributed by atoms with Gasteiger partial charge in [-0.15, -0.1) is 0 Å². The van der Waals surface area contributed by atoms with E-state index in [0.717, 1.165) is 109 Å². The highest BCUT2D eigenvalue weighted by atomic mass is 16.6. The van der Waals surface area contributed by atoms with Gasteiger partial charge in [0.2, 0.25) is 0 Å². The summed E-state index contributed by atoms with van der Waals surface area (Å²) in [5, 5.41) is 0. The summed E-state index contributed by atoms with van der Waals surface area (Å²) in [5.74, 6) is -0.898. The number of carbonyl (C=O) groups excluding carboxylic acids is 3. The summed E-state index contributed by atoms with van der Waals surface area (Å²) in [5.41, 5.74) is 0. The molecular formula is C64H114O6. The molecule has 406 valence electrons. The summed E-state index contributed by atoms with van der Waals surface area (Å²) in [6.45, 7) is 6.54. The van der Waals surface area contributed by atoms with E-state index in [1.807, 2.05) is 0 Å². The van der Waals surface area contributed by atoms with Crippen molar-refractivity contribution in [3.8, 4) is 0 Å². The molecule has 0 heterocycles. The Morgan fingerprint density at radius 1 is 0.300 bits per heavy atom. The van der Waals surface area contributed by atoms with Crippen LogP contribution in [0.25, 0.3) is 0 Å². The SMILES string of the molecule is CC/C=C\C/C=C\C/C=C\CCCCCCCC(=O)OCC(COC(=O)CCCCCCCCCCC/C=C\CCCCCCCCCC)OC(=O)CCCCCCC/C=C\CCCCCCCCC. The minimum Gasteiger partial charge on any atom is -0.462 e. The molecule has 0 aromatic carbocycles. The van der Waals surface area contributed by atoms with Gasteiger partial charge in [0.05, 0.1) is 0 Å². The largest absolute Gasteiger partial charge is 0.462 e. The van der Waals surface area contributed by atoms with Gasteiger partial charge in [-0.2, -0.15) is 0 Å². The summed E-state index contributed by atoms with van der Waals surface area (Å²) in [4.78, 5) is 38.2. The molecule has 0 aliphatic carbocycles. The average molecular weight is 980 g/mol. The third kappa shape index (κ3) is 56.0. The summed E-state index contributed by atoms with van der Waals surface area (Å²) >= 11 is 0. The van der Waals surface area contributed by atoms with Crippen LogP contribution >= 0.6 is 0 Å². The monoisotopic (exact) mass is 979 g/mol. The Balaban J connectivity index is 4.36. The van der Waals surface area contributed by atoms with Crippen LogP contribution in [0.2, 0.25) is 0 Å². The number of hydrogen-bond acceptors (Lipinski definition) is 6. The zero-order valence-corrected chi connectivity index (χ0v) is 46.5. The van der Waals surface area contributed by atoms with Gasteiger partial charge in [-0.1, -0.05) is 248 Å². The highest BCUT2D eigenvalue weighted by Crippen LogP contribution is 2.16. The summed E-state index contributed by atoms with van der Waals surface area (Å²) in [7, 11) is 0. The predicted molar refractivity (Wildman–Crippen MR) is 302 cm³/mol. The number of rotatable bonds is 55. The lowest BCUT2D eigenvalue weighted by Crippen LogP contribution is -2.30. The molecule has 70 heavy (non-hydrogen) atoms. The first-order chi connectivity index (χ1) is 34.5. The highest BCUT2D eigenvalue weighted by Gasteiger charge is 2.19. The Bertz CT molecular complexity index is 1260. The molecule has 0 bridgehead atoms. The van der Waals surface area contributed by atoms with Crippen LogP contribution in [-0.4, -0.2) is 37.2 Å². The van der Waals surface area contributed by atoms with Crippen molar-refractivity contribution >= 4 is 17.9 Å². The Kier molecular flexibility index (Phi) is 56.3. The Hall–Kier alpha value is -2.89. The molecular weight excluding hydrogens is 865 g/mol. The van der Waals surface area contributed by atoms with Crippen molar-refractivity contribution in [3.63, 3.8) is 0 Å². The van der Waals surface area contributed by atoms with Crippen molar-refractivity contribution in [3.05, 3.63) is 60.8 Å². The normalized spacial score (nSPS) is 12.4. The van der Waals surface area contributed by atoms with Crippen LogP contribution in [0.4, 0.5) is 0 Å². The van der Waals surface area contributed by atoms with Gasteiger partial charge >= 0.3 is 17.9 Å². The van der Waals surface area contributed by atoms with Crippen molar-refractivity contribution in [1.29, 1.82) is 0 Å². The number of ether oxygens (including phenoxy) is 3. The van der Waals surface area contributed by atoms with Crippen molar-refractivity contribution in [2.45, 2.75) is 316 Å². The molecule has 0 aromatic rings. The van der Waals surface area contributed by atoms with E-state index in [-0.39, 0.29) is 31.1 Å². The second kappa shape index (κ2) is 58.7. The lowest BCUT2D eigenvalue weighted by atomic mass is 10.1. The summed E-state index contributed by atoms with van der Waals surface area (Å²) in [6.07, 6.45) is 73.6. The minimum absolute atomic E-state index is 0.0829. The molecule has 6 heteroatoms. The van der Waals surface area contributed by atoms with E-state index in [2.05, 4.69) is 81.5 Å². The average Bonchev–Trinajstić information content (AvgIpc) is 3.36. The molecule has 1 atom stereocenters. The molecule has 0 radical (unpaired) electrons. The lowest BCUT2D eigenvalue weighted by Gasteiger charge is -2.18. The van der Waals surface area contributed by atoms with Crippen LogP contribution in [0.15, 0.2) is 60.8 Å². The molecule has 6 nitrogen and oxygen atoms in total. The maximum atomic E-state index is 12.9. The Morgan fingerprint density at radius 3 is 0.886 bits per heavy atom. The van der Waals surface area contributed by atoms with E-state index in [9.17, 15) is 14.4 Å².